The van der Waals surface area contributed by atoms with Crippen molar-refractivity contribution in [3.05, 3.63) is 46.3 Å². The fourth-order valence-corrected chi connectivity index (χ4v) is 3.85. The second-order valence-corrected chi connectivity index (χ2v) is 7.08. The Hall–Kier alpha value is -1.86. The van der Waals surface area contributed by atoms with E-state index in [2.05, 4.69) is 4.72 Å². The molecule has 0 aliphatic carbocycles. The minimum absolute atomic E-state index is 0.131. The monoisotopic (exact) mass is 311 g/mol. The van der Waals surface area contributed by atoms with Gasteiger partial charge in [0.15, 0.2) is 0 Å². The molecule has 1 heterocycles. The lowest BCUT2D eigenvalue weighted by molar-refractivity contribution is 0.0701. The number of thiophene rings is 1. The Labute approximate surface area is 120 Å². The molecule has 0 aliphatic heterocycles. The van der Waals surface area contributed by atoms with Gasteiger partial charge in [-0.25, -0.2) is 13.2 Å². The summed E-state index contributed by atoms with van der Waals surface area (Å²) >= 11 is 0.902. The number of anilines is 1. The summed E-state index contributed by atoms with van der Waals surface area (Å²) < 4.78 is 26.7. The highest BCUT2D eigenvalue weighted by Crippen LogP contribution is 2.28. The zero-order valence-electron chi connectivity index (χ0n) is 10.9. The van der Waals surface area contributed by atoms with E-state index in [0.717, 1.165) is 16.9 Å². The van der Waals surface area contributed by atoms with Crippen molar-refractivity contribution in [1.82, 2.24) is 0 Å². The number of aryl methyl sites for hydroxylation is 2. The Kier molecular flexibility index (Phi) is 3.82. The van der Waals surface area contributed by atoms with Crippen LogP contribution < -0.4 is 4.72 Å². The van der Waals surface area contributed by atoms with Crippen LogP contribution in [0.4, 0.5) is 5.00 Å². The predicted molar refractivity (Wildman–Crippen MR) is 78.0 cm³/mol. The maximum atomic E-state index is 12.2. The van der Waals surface area contributed by atoms with Gasteiger partial charge >= 0.3 is 5.97 Å². The predicted octanol–water partition coefficient (Wildman–Crippen LogP) is 2.86. The number of carbonyl (C=O) groups is 1. The first-order chi connectivity index (χ1) is 9.29. The van der Waals surface area contributed by atoms with Crippen molar-refractivity contribution in [3.63, 3.8) is 0 Å². The highest BCUT2D eigenvalue weighted by Gasteiger charge is 2.18. The summed E-state index contributed by atoms with van der Waals surface area (Å²) in [4.78, 5) is 11.2. The third-order valence-corrected chi connectivity index (χ3v) is 5.33. The third-order valence-electron chi connectivity index (χ3n) is 2.68. The van der Waals surface area contributed by atoms with Gasteiger partial charge in [-0.15, -0.1) is 11.3 Å². The third kappa shape index (κ3) is 3.00. The maximum absolute atomic E-state index is 12.2. The molecule has 2 rings (SSSR count). The first kappa shape index (κ1) is 14.5. The van der Waals surface area contributed by atoms with Crippen LogP contribution in [0.2, 0.25) is 0 Å². The number of benzene rings is 1. The van der Waals surface area contributed by atoms with Crippen LogP contribution in [0, 0.1) is 13.8 Å². The lowest BCUT2D eigenvalue weighted by Gasteiger charge is -2.05. The van der Waals surface area contributed by atoms with Gasteiger partial charge in [0, 0.05) is 0 Å². The number of hydrogen-bond donors (Lipinski definition) is 2. The normalized spacial score (nSPS) is 11.3. The van der Waals surface area contributed by atoms with E-state index in [-0.39, 0.29) is 9.77 Å². The molecule has 5 nitrogen and oxygen atoms in total. The molecule has 0 spiro atoms. The molecule has 20 heavy (non-hydrogen) atoms. The topological polar surface area (TPSA) is 83.5 Å². The van der Waals surface area contributed by atoms with E-state index >= 15 is 0 Å². The SMILES string of the molecule is Cc1ccc(S(=O)(=O)Nc2cc(C)c(C(=O)O)s2)cc1. The molecular weight excluding hydrogens is 298 g/mol. The van der Waals surface area contributed by atoms with Gasteiger partial charge in [-0.05, 0) is 37.6 Å². The van der Waals surface area contributed by atoms with Crippen LogP contribution in [0.25, 0.3) is 0 Å². The number of carboxylic acids is 1. The van der Waals surface area contributed by atoms with E-state index in [0.29, 0.717) is 10.6 Å². The average molecular weight is 311 g/mol. The molecule has 2 N–H and O–H groups in total. The Balaban J connectivity index is 2.31. The molecule has 7 heteroatoms. The highest BCUT2D eigenvalue weighted by molar-refractivity contribution is 7.93. The van der Waals surface area contributed by atoms with Crippen LogP contribution in [-0.4, -0.2) is 19.5 Å². The van der Waals surface area contributed by atoms with Crippen LogP contribution in [0.15, 0.2) is 35.2 Å². The van der Waals surface area contributed by atoms with Crippen LogP contribution in [0.5, 0.6) is 0 Å². The van der Waals surface area contributed by atoms with Gasteiger partial charge < -0.3 is 5.11 Å². The lowest BCUT2D eigenvalue weighted by atomic mass is 10.2. The molecule has 0 bridgehead atoms. The molecule has 1 aromatic heterocycles. The van der Waals surface area contributed by atoms with E-state index in [1.54, 1.807) is 19.1 Å². The second-order valence-electron chi connectivity index (χ2n) is 4.35. The molecule has 0 atom stereocenters. The van der Waals surface area contributed by atoms with E-state index in [4.69, 9.17) is 5.11 Å². The second kappa shape index (κ2) is 5.26. The first-order valence-corrected chi connectivity index (χ1v) is 8.03. The molecule has 1 aromatic carbocycles. The summed E-state index contributed by atoms with van der Waals surface area (Å²) in [6.07, 6.45) is 0. The van der Waals surface area contributed by atoms with E-state index in [1.165, 1.54) is 18.2 Å². The van der Waals surface area contributed by atoms with Crippen LogP contribution in [-0.2, 0) is 10.0 Å². The van der Waals surface area contributed by atoms with Crippen molar-refractivity contribution < 1.29 is 18.3 Å². The molecule has 0 amide bonds. The Morgan fingerprint density at radius 3 is 2.30 bits per heavy atom. The number of hydrogen-bond acceptors (Lipinski definition) is 4. The number of sulfonamides is 1. The van der Waals surface area contributed by atoms with Gasteiger partial charge in [0.2, 0.25) is 0 Å². The highest BCUT2D eigenvalue weighted by atomic mass is 32.2. The smallest absolute Gasteiger partial charge is 0.346 e. The average Bonchev–Trinajstić information content (AvgIpc) is 2.70. The minimum Gasteiger partial charge on any atom is -0.477 e. The number of aromatic carboxylic acids is 1. The van der Waals surface area contributed by atoms with Crippen LogP contribution >= 0.6 is 11.3 Å². The summed E-state index contributed by atoms with van der Waals surface area (Å²) in [7, 11) is -3.69. The Bertz CT molecular complexity index is 745. The fraction of sp³-hybridized carbons (Fsp3) is 0.154. The van der Waals surface area contributed by atoms with Gasteiger partial charge in [-0.1, -0.05) is 17.7 Å². The Morgan fingerprint density at radius 1 is 1.20 bits per heavy atom. The minimum atomic E-state index is -3.69. The van der Waals surface area contributed by atoms with Crippen molar-refractivity contribution in [2.24, 2.45) is 0 Å². The first-order valence-electron chi connectivity index (χ1n) is 5.73. The zero-order chi connectivity index (χ0) is 14.9. The van der Waals surface area contributed by atoms with Crippen molar-refractivity contribution in [2.75, 3.05) is 4.72 Å². The van der Waals surface area contributed by atoms with E-state index < -0.39 is 16.0 Å². The molecule has 106 valence electrons. The van der Waals surface area contributed by atoms with Crippen molar-refractivity contribution >= 4 is 32.3 Å². The number of rotatable bonds is 4. The molecule has 0 saturated heterocycles. The van der Waals surface area contributed by atoms with Gasteiger partial charge in [-0.2, -0.15) is 0 Å². The van der Waals surface area contributed by atoms with Gasteiger partial charge in [0.05, 0.1) is 4.90 Å². The lowest BCUT2D eigenvalue weighted by Crippen LogP contribution is -2.11. The molecule has 0 radical (unpaired) electrons. The molecular formula is C13H13NO4S2. The van der Waals surface area contributed by atoms with Crippen molar-refractivity contribution in [2.45, 2.75) is 18.7 Å². The van der Waals surface area contributed by atoms with Crippen molar-refractivity contribution in [1.29, 1.82) is 0 Å². The largest absolute Gasteiger partial charge is 0.477 e. The molecule has 0 unspecified atom stereocenters. The molecule has 0 aliphatic rings. The van der Waals surface area contributed by atoms with E-state index in [9.17, 15) is 13.2 Å². The standard InChI is InChI=1S/C13H13NO4S2/c1-8-3-5-10(6-4-8)20(17,18)14-11-7-9(2)12(19-11)13(15)16/h3-7,14H,1-2H3,(H,15,16). The molecule has 0 fully saturated rings. The van der Waals surface area contributed by atoms with E-state index in [1.807, 2.05) is 6.92 Å². The number of nitrogens with one attached hydrogen (secondary N) is 1. The number of carboxylic acid groups (broad SMARTS) is 1. The maximum Gasteiger partial charge on any atom is 0.346 e. The summed E-state index contributed by atoms with van der Waals surface area (Å²) in [5.74, 6) is -1.06. The molecule has 0 saturated carbocycles. The van der Waals surface area contributed by atoms with Gasteiger partial charge in [0.25, 0.3) is 10.0 Å². The summed E-state index contributed by atoms with van der Waals surface area (Å²) in [6, 6.07) is 7.94. The quantitative estimate of drug-likeness (QED) is 0.909. The molecule has 2 aromatic rings. The van der Waals surface area contributed by atoms with Gasteiger partial charge in [-0.3, -0.25) is 4.72 Å². The summed E-state index contributed by atoms with van der Waals surface area (Å²) in [5, 5.41) is 9.25. The zero-order valence-corrected chi connectivity index (χ0v) is 12.5. The summed E-state index contributed by atoms with van der Waals surface area (Å²) in [5.41, 5.74) is 1.49. The van der Waals surface area contributed by atoms with Crippen LogP contribution in [0.1, 0.15) is 20.8 Å². The summed E-state index contributed by atoms with van der Waals surface area (Å²) in [6.45, 7) is 3.50. The Morgan fingerprint density at radius 2 is 1.80 bits per heavy atom. The van der Waals surface area contributed by atoms with Gasteiger partial charge in [0.1, 0.15) is 9.88 Å². The van der Waals surface area contributed by atoms with Crippen LogP contribution in [0.3, 0.4) is 0 Å². The van der Waals surface area contributed by atoms with Crippen molar-refractivity contribution in [3.8, 4) is 0 Å². The fourth-order valence-electron chi connectivity index (χ4n) is 1.65.